The monoisotopic (exact) mass is 1460 g/mol. The standard InChI is InChI=1S/C77H102ClN15O10S/c1-9-12-14-27-79-73-84-41(4)60(57-34-48-31-51(16-11-3)82-43(6)64(48)102-57)69(89-73)86-56-33-50(40-96)66(63(56)97)101-53-18-20-59-55(36-53)87-72(104-59)61-42(5)85-75(81-37-45-23-29-100-30-24-45)90-70(61)92-76(8)25-21-46(38-94)54(76)19-17-52-32-49-35-58(103-65(49)44(7)83-52)62-68(78)88-74(80-28-15-13-10-2)91-71(62)93-77(99)26-22-47(39-95)67(77)98/h18,20,31-32,34-36,45-47,50,54,56,63,66-67,94-99H,9-17,19,21-30,33,37-40H2,1-8H3,(H2,79,84,86,89)(H2,80,88,91,93)(H2,81,85,90,92). The Balaban J connectivity index is 0.760. The highest BCUT2D eigenvalue weighted by molar-refractivity contribution is 7.21. The van der Waals surface area contributed by atoms with Gasteiger partial charge in [-0.15, -0.1) is 11.3 Å². The van der Waals surface area contributed by atoms with Crippen LogP contribution in [0, 0.1) is 57.3 Å². The predicted octanol–water partition coefficient (Wildman–Crippen LogP) is 13.1. The first-order valence-corrected chi connectivity index (χ1v) is 38.8. The minimum absolute atomic E-state index is 0.00330. The van der Waals surface area contributed by atoms with Gasteiger partial charge in [0.1, 0.15) is 63.2 Å². The highest BCUT2D eigenvalue weighted by atomic mass is 35.5. The lowest BCUT2D eigenvalue weighted by molar-refractivity contribution is -0.0545. The first kappa shape index (κ1) is 74.6. The number of fused-ring (bicyclic) bond motifs is 3. The summed E-state index contributed by atoms with van der Waals surface area (Å²) in [4.78, 5) is 44.9. The van der Waals surface area contributed by atoms with Crippen molar-refractivity contribution in [3.63, 3.8) is 0 Å². The van der Waals surface area contributed by atoms with E-state index in [0.29, 0.717) is 149 Å². The molecule has 0 amide bonds. The van der Waals surface area contributed by atoms with Crippen LogP contribution in [0.2, 0.25) is 5.15 Å². The maximum absolute atomic E-state index is 12.4. The zero-order valence-electron chi connectivity index (χ0n) is 61.0. The van der Waals surface area contributed by atoms with Crippen LogP contribution in [0.1, 0.15) is 158 Å². The second-order valence-corrected chi connectivity index (χ2v) is 30.9. The quantitative estimate of drug-likeness (QED) is 0.0106. The summed E-state index contributed by atoms with van der Waals surface area (Å²) in [6.07, 6.45) is 10.4. The molecule has 8 aromatic heterocycles. The average Bonchev–Trinajstić information content (AvgIpc) is 1.58. The summed E-state index contributed by atoms with van der Waals surface area (Å²) in [5, 5.41) is 91.0. The molecule has 12 N–H and O–H groups in total. The van der Waals surface area contributed by atoms with Crippen LogP contribution < -0.4 is 36.6 Å². The third-order valence-corrected chi connectivity index (χ3v) is 23.2. The number of aryl methyl sites for hydroxylation is 6. The lowest BCUT2D eigenvalue weighted by Crippen LogP contribution is -2.48. The Kier molecular flexibility index (Phi) is 23.4. The number of halogens is 1. The van der Waals surface area contributed by atoms with Gasteiger partial charge in [-0.25, -0.2) is 19.9 Å². The van der Waals surface area contributed by atoms with Crippen molar-refractivity contribution in [2.24, 2.45) is 29.6 Å². The molecule has 9 aromatic rings. The average molecular weight is 1470 g/mol. The molecule has 4 aliphatic rings. The molecule has 4 fully saturated rings. The fraction of sp³-hybridized carbons (Fsp3) is 0.571. The van der Waals surface area contributed by atoms with E-state index in [4.69, 9.17) is 69.8 Å². The molecule has 3 saturated carbocycles. The van der Waals surface area contributed by atoms with Crippen LogP contribution in [0.3, 0.4) is 0 Å². The van der Waals surface area contributed by atoms with Crippen molar-refractivity contribution in [1.82, 2.24) is 44.9 Å². The van der Waals surface area contributed by atoms with Gasteiger partial charge in [0.05, 0.1) is 55.7 Å². The van der Waals surface area contributed by atoms with Gasteiger partial charge in [0, 0.05) is 98.3 Å². The summed E-state index contributed by atoms with van der Waals surface area (Å²) < 4.78 is 26.5. The van der Waals surface area contributed by atoms with E-state index in [1.165, 1.54) is 11.3 Å². The second-order valence-electron chi connectivity index (χ2n) is 29.5. The molecule has 1 aromatic carbocycles. The van der Waals surface area contributed by atoms with E-state index in [2.05, 4.69) is 70.6 Å². The molecule has 0 spiro atoms. The van der Waals surface area contributed by atoms with Crippen LogP contribution >= 0.6 is 22.9 Å². The first-order chi connectivity index (χ1) is 50.3. The molecule has 9 heterocycles. The molecular weight excluding hydrogens is 1360 g/mol. The van der Waals surface area contributed by atoms with E-state index < -0.39 is 47.5 Å². The topological polar surface area (TPSA) is 354 Å². The smallest absolute Gasteiger partial charge is 0.226 e. The molecule has 0 bridgehead atoms. The number of furan rings is 2. The number of ether oxygens (including phenoxy) is 2. The van der Waals surface area contributed by atoms with Crippen molar-refractivity contribution >= 4 is 90.4 Å². The number of hydrogen-bond acceptors (Lipinski definition) is 26. The molecular formula is C77H102ClN15O10S. The van der Waals surface area contributed by atoms with Gasteiger partial charge in [0.2, 0.25) is 17.8 Å². The number of aliphatic hydroxyl groups excluding tert-OH is 5. The number of thiazole rings is 1. The van der Waals surface area contributed by atoms with E-state index in [9.17, 15) is 30.6 Å². The first-order valence-electron chi connectivity index (χ1n) is 37.6. The summed E-state index contributed by atoms with van der Waals surface area (Å²) >= 11 is 8.57. The van der Waals surface area contributed by atoms with Gasteiger partial charge in [0.15, 0.2) is 16.9 Å². The zero-order valence-corrected chi connectivity index (χ0v) is 62.6. The Bertz CT molecular complexity index is 4480. The molecule has 10 unspecified atom stereocenters. The van der Waals surface area contributed by atoms with Crippen LogP contribution in [0.4, 0.5) is 35.3 Å². The van der Waals surface area contributed by atoms with Crippen molar-refractivity contribution in [3.05, 3.63) is 81.8 Å². The molecule has 0 radical (unpaired) electrons. The minimum Gasteiger partial charge on any atom is -0.487 e. The number of nitrogens with zero attached hydrogens (tertiary/aromatic N) is 9. The molecule has 25 nitrogen and oxygen atoms in total. The second kappa shape index (κ2) is 32.6. The number of unbranched alkanes of at least 4 members (excludes halogenated alkanes) is 4. The maximum atomic E-state index is 12.4. The highest BCUT2D eigenvalue weighted by Crippen LogP contribution is 2.49. The number of hydrogen-bond donors (Lipinski definition) is 12. The van der Waals surface area contributed by atoms with E-state index in [1.54, 1.807) is 0 Å². The van der Waals surface area contributed by atoms with E-state index in [0.717, 1.165) is 121 Å². The van der Waals surface area contributed by atoms with E-state index in [-0.39, 0.29) is 55.0 Å². The van der Waals surface area contributed by atoms with E-state index >= 15 is 0 Å². The van der Waals surface area contributed by atoms with Crippen molar-refractivity contribution in [1.29, 1.82) is 0 Å². The number of rotatable bonds is 32. The van der Waals surface area contributed by atoms with Gasteiger partial charge in [-0.05, 0) is 166 Å². The zero-order chi connectivity index (χ0) is 73.0. The Labute approximate surface area is 616 Å². The number of nitrogens with one attached hydrogen (secondary N) is 6. The Morgan fingerprint density at radius 1 is 0.615 bits per heavy atom. The van der Waals surface area contributed by atoms with Gasteiger partial charge in [-0.2, -0.15) is 15.0 Å². The molecule has 1 saturated heterocycles. The molecule has 13 rings (SSSR count). The van der Waals surface area contributed by atoms with Gasteiger partial charge in [-0.1, -0.05) is 64.5 Å². The Morgan fingerprint density at radius 2 is 1.22 bits per heavy atom. The molecule has 10 atom stereocenters. The van der Waals surface area contributed by atoms with Crippen molar-refractivity contribution in [2.75, 3.05) is 84.6 Å². The van der Waals surface area contributed by atoms with Gasteiger partial charge >= 0.3 is 0 Å². The number of benzene rings is 1. The molecule has 104 heavy (non-hydrogen) atoms. The maximum Gasteiger partial charge on any atom is 0.226 e. The lowest BCUT2D eigenvalue weighted by atomic mass is 9.80. The van der Waals surface area contributed by atoms with Crippen LogP contribution in [-0.4, -0.2) is 164 Å². The predicted molar refractivity (Wildman–Crippen MR) is 408 cm³/mol. The third-order valence-electron chi connectivity index (χ3n) is 21.9. The Hall–Kier alpha value is -7.66. The number of aromatic nitrogens is 9. The minimum atomic E-state index is -1.81. The number of aliphatic hydroxyl groups is 6. The third kappa shape index (κ3) is 16.0. The van der Waals surface area contributed by atoms with Gasteiger partial charge < -0.3 is 80.8 Å². The lowest BCUT2D eigenvalue weighted by Gasteiger charge is -2.36. The SMILES string of the molecule is CCCCCNc1nc(C)c(-c2cc3cc(CCC)nc(C)c3o2)c(NC2CC(CO)C(Oc3ccc4sc(-c5c(C)nc(NCC6CCOCC6)nc5NC5(C)CCC(CO)C5CCc5cc6cc(-c7c(Cl)nc(NCCCCC)nc7NC7(O)CCC(CO)C7O)oc6c(C)n5)nc4c3)C2O)n1. The Morgan fingerprint density at radius 3 is 1.87 bits per heavy atom. The van der Waals surface area contributed by atoms with Gasteiger partial charge in [0.25, 0.3) is 0 Å². The summed E-state index contributed by atoms with van der Waals surface area (Å²) in [5.74, 6) is 3.33. The normalized spacial score (nSPS) is 23.6. The molecule has 3 aliphatic carbocycles. The fourth-order valence-corrected chi connectivity index (χ4v) is 17.4. The summed E-state index contributed by atoms with van der Waals surface area (Å²) in [6, 6.07) is 13.2. The summed E-state index contributed by atoms with van der Waals surface area (Å²) in [6.45, 7) is 19.4. The fourth-order valence-electron chi connectivity index (χ4n) is 16.1. The van der Waals surface area contributed by atoms with Crippen LogP contribution in [0.25, 0.3) is 65.4 Å². The number of pyridine rings is 2. The van der Waals surface area contributed by atoms with Crippen LogP contribution in [-0.2, 0) is 17.6 Å². The molecule has 27 heteroatoms. The molecule has 558 valence electrons. The highest BCUT2D eigenvalue weighted by Gasteiger charge is 2.49. The van der Waals surface area contributed by atoms with Crippen molar-refractivity contribution < 1.29 is 48.9 Å². The van der Waals surface area contributed by atoms with E-state index in [1.807, 2.05) is 64.1 Å². The molecule has 1 aliphatic heterocycles. The summed E-state index contributed by atoms with van der Waals surface area (Å²) in [5.41, 5.74) is 6.04. The number of anilines is 6. The van der Waals surface area contributed by atoms with Crippen LogP contribution in [0.5, 0.6) is 5.75 Å². The summed E-state index contributed by atoms with van der Waals surface area (Å²) in [7, 11) is 0. The van der Waals surface area contributed by atoms with Gasteiger partial charge in [-0.3, -0.25) is 9.97 Å². The van der Waals surface area contributed by atoms with Crippen molar-refractivity contribution in [2.45, 2.75) is 200 Å². The largest absolute Gasteiger partial charge is 0.487 e. The van der Waals surface area contributed by atoms with Crippen LogP contribution in [0.15, 0.2) is 51.3 Å². The van der Waals surface area contributed by atoms with Crippen molar-refractivity contribution in [3.8, 4) is 39.0 Å².